The number of thioether (sulfide) groups is 1. The fourth-order valence-corrected chi connectivity index (χ4v) is 4.79. The summed E-state index contributed by atoms with van der Waals surface area (Å²) in [5.74, 6) is 0. The van der Waals surface area contributed by atoms with Crippen LogP contribution in [0.4, 0.5) is 0 Å². The highest BCUT2D eigenvalue weighted by Crippen LogP contribution is 2.39. The quantitative estimate of drug-likeness (QED) is 0.529. The molecule has 1 aromatic heterocycles. The summed E-state index contributed by atoms with van der Waals surface area (Å²) in [6.45, 7) is -0.414. The Labute approximate surface area is 187 Å². The normalized spacial score (nSPS) is 26.6. The van der Waals surface area contributed by atoms with Crippen molar-refractivity contribution in [3.05, 3.63) is 64.8 Å². The molecule has 0 amide bonds. The van der Waals surface area contributed by atoms with E-state index in [1.807, 2.05) is 30.3 Å². The van der Waals surface area contributed by atoms with Crippen LogP contribution in [-0.4, -0.2) is 60.7 Å². The van der Waals surface area contributed by atoms with E-state index in [1.54, 1.807) is 24.4 Å². The third kappa shape index (κ3) is 4.36. The monoisotopic (exact) mass is 467 g/mol. The van der Waals surface area contributed by atoms with Crippen LogP contribution in [0.15, 0.2) is 59.6 Å². The van der Waals surface area contributed by atoms with E-state index < -0.39 is 36.4 Å². The molecule has 4 rings (SSSR count). The van der Waals surface area contributed by atoms with Crippen LogP contribution in [0.1, 0.15) is 6.04 Å². The van der Waals surface area contributed by atoms with Crippen molar-refractivity contribution in [2.75, 3.05) is 6.61 Å². The van der Waals surface area contributed by atoms with Crippen molar-refractivity contribution in [2.24, 2.45) is 0 Å². The maximum absolute atomic E-state index is 11.0. The van der Waals surface area contributed by atoms with E-state index in [-0.39, 0.29) is 0 Å². The van der Waals surface area contributed by atoms with E-state index in [1.165, 1.54) is 16.4 Å². The smallest absolute Gasteiger partial charge is 0.136 e. The number of rotatable bonds is 5. The van der Waals surface area contributed by atoms with Crippen molar-refractivity contribution in [3.8, 4) is 11.3 Å². The summed E-state index contributed by atoms with van der Waals surface area (Å²) in [4.78, 5) is 0.726. The largest absolute Gasteiger partial charge is 0.394 e. The summed E-state index contributed by atoms with van der Waals surface area (Å²) in [6.07, 6.45) is -1.55. The number of hydrogen-bond donors (Lipinski definition) is 3. The summed E-state index contributed by atoms with van der Waals surface area (Å²) in [7, 11) is 0. The number of halogens is 2. The number of aromatic nitrogens is 3. The molecule has 3 aromatic rings. The van der Waals surface area contributed by atoms with Crippen LogP contribution >= 0.6 is 35.0 Å². The Morgan fingerprint density at radius 1 is 1.03 bits per heavy atom. The lowest BCUT2D eigenvalue weighted by atomic mass is 9.97. The second kappa shape index (κ2) is 9.23. The highest BCUT2D eigenvalue weighted by Gasteiger charge is 2.46. The van der Waals surface area contributed by atoms with Crippen LogP contribution in [0, 0.1) is 0 Å². The van der Waals surface area contributed by atoms with Crippen molar-refractivity contribution in [1.82, 2.24) is 15.0 Å². The first-order valence-corrected chi connectivity index (χ1v) is 10.8. The Morgan fingerprint density at radius 2 is 1.80 bits per heavy atom. The molecular formula is C20H19Cl2N3O4S. The summed E-state index contributed by atoms with van der Waals surface area (Å²) >= 11 is 13.3. The van der Waals surface area contributed by atoms with Gasteiger partial charge in [0, 0.05) is 10.5 Å². The molecule has 10 heteroatoms. The molecule has 2 heterocycles. The van der Waals surface area contributed by atoms with Crippen LogP contribution in [-0.2, 0) is 4.74 Å². The number of aliphatic hydroxyl groups is 3. The van der Waals surface area contributed by atoms with Gasteiger partial charge in [0.25, 0.3) is 0 Å². The molecule has 30 heavy (non-hydrogen) atoms. The second-order valence-corrected chi connectivity index (χ2v) is 8.83. The minimum atomic E-state index is -1.18. The van der Waals surface area contributed by atoms with Crippen LogP contribution in [0.3, 0.4) is 0 Å². The van der Waals surface area contributed by atoms with Crippen molar-refractivity contribution in [2.45, 2.75) is 34.7 Å². The van der Waals surface area contributed by atoms with Crippen molar-refractivity contribution in [1.29, 1.82) is 0 Å². The van der Waals surface area contributed by atoms with E-state index in [0.29, 0.717) is 15.7 Å². The van der Waals surface area contributed by atoms with Gasteiger partial charge in [-0.2, -0.15) is 0 Å². The molecule has 1 saturated heterocycles. The second-order valence-electron chi connectivity index (χ2n) is 6.84. The molecule has 5 atom stereocenters. The van der Waals surface area contributed by atoms with Gasteiger partial charge < -0.3 is 20.1 Å². The van der Waals surface area contributed by atoms with E-state index in [0.717, 1.165) is 10.5 Å². The van der Waals surface area contributed by atoms with E-state index in [4.69, 9.17) is 27.9 Å². The van der Waals surface area contributed by atoms with Gasteiger partial charge in [0.05, 0.1) is 22.8 Å². The Hall–Kier alpha value is -1.65. The number of aliphatic hydroxyl groups excluding tert-OH is 3. The van der Waals surface area contributed by atoms with Gasteiger partial charge in [-0.05, 0) is 18.2 Å². The molecule has 0 saturated carbocycles. The molecule has 1 aliphatic rings. The van der Waals surface area contributed by atoms with Crippen molar-refractivity contribution in [3.63, 3.8) is 0 Å². The summed E-state index contributed by atoms with van der Waals surface area (Å²) in [6, 6.07) is 13.7. The maximum atomic E-state index is 11.0. The van der Waals surface area contributed by atoms with E-state index in [9.17, 15) is 15.3 Å². The topological polar surface area (TPSA) is 101 Å². The molecule has 2 aromatic carbocycles. The Balaban J connectivity index is 1.61. The number of hydrogen-bond acceptors (Lipinski definition) is 7. The first-order chi connectivity index (χ1) is 14.5. The predicted octanol–water partition coefficient (Wildman–Crippen LogP) is 3.02. The average molecular weight is 468 g/mol. The van der Waals surface area contributed by atoms with Gasteiger partial charge in [-0.3, -0.25) is 0 Å². The molecule has 7 nitrogen and oxygen atoms in total. The lowest BCUT2D eigenvalue weighted by Gasteiger charge is -2.41. The number of nitrogens with zero attached hydrogens (tertiary/aromatic N) is 3. The van der Waals surface area contributed by atoms with Crippen LogP contribution < -0.4 is 0 Å². The van der Waals surface area contributed by atoms with Crippen molar-refractivity contribution >= 4 is 35.0 Å². The van der Waals surface area contributed by atoms with E-state index in [2.05, 4.69) is 10.3 Å². The zero-order valence-electron chi connectivity index (χ0n) is 15.5. The number of ether oxygens (including phenoxy) is 1. The van der Waals surface area contributed by atoms with Crippen LogP contribution in [0.2, 0.25) is 10.0 Å². The Kier molecular flexibility index (Phi) is 6.64. The van der Waals surface area contributed by atoms with E-state index >= 15 is 0 Å². The molecule has 158 valence electrons. The predicted molar refractivity (Wildman–Crippen MR) is 115 cm³/mol. The lowest BCUT2D eigenvalue weighted by Crippen LogP contribution is -2.55. The molecule has 3 N–H and O–H groups in total. The first kappa shape index (κ1) is 21.6. The van der Waals surface area contributed by atoms with Gasteiger partial charge in [0.2, 0.25) is 0 Å². The third-order valence-electron chi connectivity index (χ3n) is 4.88. The first-order valence-electron chi connectivity index (χ1n) is 9.19. The molecular weight excluding hydrogens is 449 g/mol. The minimum Gasteiger partial charge on any atom is -0.394 e. The third-order valence-corrected chi connectivity index (χ3v) is 6.76. The fourth-order valence-electron chi connectivity index (χ4n) is 3.33. The maximum Gasteiger partial charge on any atom is 0.136 e. The fraction of sp³-hybridized carbons (Fsp3) is 0.300. The molecule has 0 aliphatic carbocycles. The summed E-state index contributed by atoms with van der Waals surface area (Å²) in [5.41, 5.74) is 0.688. The van der Waals surface area contributed by atoms with Crippen LogP contribution in [0.25, 0.3) is 11.3 Å². The van der Waals surface area contributed by atoms with Gasteiger partial charge in [-0.15, -0.1) is 5.10 Å². The molecule has 0 radical (unpaired) electrons. The highest BCUT2D eigenvalue weighted by molar-refractivity contribution is 7.99. The number of benzene rings is 2. The highest BCUT2D eigenvalue weighted by atomic mass is 35.5. The molecule has 0 bridgehead atoms. The van der Waals surface area contributed by atoms with Gasteiger partial charge in [0.1, 0.15) is 35.5 Å². The van der Waals surface area contributed by atoms with Crippen molar-refractivity contribution < 1.29 is 20.1 Å². The molecule has 1 fully saturated rings. The van der Waals surface area contributed by atoms with Gasteiger partial charge >= 0.3 is 0 Å². The standard InChI is InChI=1S/C20H19Cl2N3O4S/c21-13-7-6-12(8-14(13)22)30-20-19(28)17(18(27)16(10-26)29-20)25-9-15(23-24-25)11-4-2-1-3-5-11/h1-9,16-20,26-28H,10H2/t16-,17+,18+,19-,20-/m1/s1. The molecule has 1 aliphatic heterocycles. The average Bonchev–Trinajstić information content (AvgIpc) is 3.23. The Bertz CT molecular complexity index is 1010. The molecule has 0 spiro atoms. The molecule has 0 unspecified atom stereocenters. The lowest BCUT2D eigenvalue weighted by molar-refractivity contribution is -0.178. The summed E-state index contributed by atoms with van der Waals surface area (Å²) in [5, 5.41) is 40.5. The van der Waals surface area contributed by atoms with Gasteiger partial charge in [-0.25, -0.2) is 4.68 Å². The van der Waals surface area contributed by atoms with Gasteiger partial charge in [0.15, 0.2) is 0 Å². The SMILES string of the molecule is OC[C@H]1O[C@H](Sc2ccc(Cl)c(Cl)c2)[C@H](O)[C@@H](n2cc(-c3ccccc3)nn2)[C@H]1O. The Morgan fingerprint density at radius 3 is 2.50 bits per heavy atom. The summed E-state index contributed by atoms with van der Waals surface area (Å²) < 4.78 is 7.17. The van der Waals surface area contributed by atoms with Crippen LogP contribution in [0.5, 0.6) is 0 Å². The zero-order chi connectivity index (χ0) is 21.3. The van der Waals surface area contributed by atoms with Gasteiger partial charge in [-0.1, -0.05) is 70.5 Å². The zero-order valence-corrected chi connectivity index (χ0v) is 17.9. The minimum absolute atomic E-state index is 0.381.